The van der Waals surface area contributed by atoms with Crippen LogP contribution in [0.4, 0.5) is 0 Å². The molecule has 78 heavy (non-hydrogen) atoms. The van der Waals surface area contributed by atoms with Crippen LogP contribution >= 0.6 is 0 Å². The van der Waals surface area contributed by atoms with Gasteiger partial charge in [0.2, 0.25) is 0 Å². The Labute approximate surface area is 451 Å². The molecule has 0 bridgehead atoms. The first kappa shape index (κ1) is 43.1. The molecule has 0 radical (unpaired) electrons. The number of rotatable bonds is 6. The van der Waals surface area contributed by atoms with Crippen molar-refractivity contribution in [1.82, 2.24) is 0 Å². The van der Waals surface area contributed by atoms with Crippen LogP contribution in [0.25, 0.3) is 175 Å². The number of hydrogen-bond acceptors (Lipinski definition) is 0. The fraction of sp³-hybridized carbons (Fsp3) is 0. The van der Waals surface area contributed by atoms with Crippen LogP contribution in [0.5, 0.6) is 0 Å². The summed E-state index contributed by atoms with van der Waals surface area (Å²) in [4.78, 5) is 0. The lowest BCUT2D eigenvalue weighted by Gasteiger charge is -2.24. The molecule has 0 fully saturated rings. The Hall–Kier alpha value is -10.1. The molecule has 0 amide bonds. The lowest BCUT2D eigenvalue weighted by atomic mass is 9.79. The Balaban J connectivity index is 1.13. The molecule has 0 unspecified atom stereocenters. The third-order valence-electron chi connectivity index (χ3n) is 17.2. The van der Waals surface area contributed by atoms with E-state index in [0.717, 1.165) is 0 Å². The largest absolute Gasteiger partial charge is 0.0622 e. The third kappa shape index (κ3) is 6.41. The Kier molecular flexibility index (Phi) is 9.22. The maximum absolute atomic E-state index is 2.60. The van der Waals surface area contributed by atoms with Crippen molar-refractivity contribution in [1.29, 1.82) is 0 Å². The summed E-state index contributed by atoms with van der Waals surface area (Å²) in [6.45, 7) is 0. The van der Waals surface area contributed by atoms with Crippen LogP contribution in [0.1, 0.15) is 0 Å². The molecule has 0 heterocycles. The van der Waals surface area contributed by atoms with Gasteiger partial charge in [0.25, 0.3) is 0 Å². The summed E-state index contributed by atoms with van der Waals surface area (Å²) in [5.74, 6) is 0. The predicted octanol–water partition coefficient (Wildman–Crippen LogP) is 22.0. The van der Waals surface area contributed by atoms with Crippen molar-refractivity contribution in [2.45, 2.75) is 0 Å². The van der Waals surface area contributed by atoms with Crippen molar-refractivity contribution < 1.29 is 0 Å². The normalized spacial score (nSPS) is 12.1. The Bertz CT molecular complexity index is 5030. The van der Waals surface area contributed by atoms with Gasteiger partial charge in [0.05, 0.1) is 0 Å². The molecule has 1 aliphatic carbocycles. The SMILES string of the molecule is c1ccc(-c2cc(-c3ccccc3)cc(-c3c4c(c(-c5cc(-c6ccccc6)cc(-c6ccccc6)c5)c5cc6c7cc8ccccc8cc7c7ccccc7c6cc35)-c3ccc5ccc6cccc7cc-4c3c5c67)c2)cc1. The van der Waals surface area contributed by atoms with E-state index in [1.54, 1.807) is 0 Å². The first-order valence-corrected chi connectivity index (χ1v) is 27.2. The molecular formula is C78H46. The van der Waals surface area contributed by atoms with E-state index in [1.807, 2.05) is 0 Å². The fourth-order valence-electron chi connectivity index (χ4n) is 13.7. The summed E-state index contributed by atoms with van der Waals surface area (Å²) in [5.41, 5.74) is 19.6. The molecule has 0 aliphatic heterocycles. The van der Waals surface area contributed by atoms with Gasteiger partial charge >= 0.3 is 0 Å². The van der Waals surface area contributed by atoms with E-state index < -0.39 is 0 Å². The molecule has 358 valence electrons. The molecule has 0 heteroatoms. The number of hydrogen-bond donors (Lipinski definition) is 0. The van der Waals surface area contributed by atoms with Crippen LogP contribution in [-0.4, -0.2) is 0 Å². The average Bonchev–Trinajstić information content (AvgIpc) is 3.88. The van der Waals surface area contributed by atoms with E-state index in [4.69, 9.17) is 0 Å². The Morgan fingerprint density at radius 3 is 1.00 bits per heavy atom. The maximum Gasteiger partial charge on any atom is -0.000718 e. The van der Waals surface area contributed by atoms with Gasteiger partial charge in [0.15, 0.2) is 0 Å². The van der Waals surface area contributed by atoms with E-state index in [-0.39, 0.29) is 0 Å². The molecule has 1 aliphatic rings. The zero-order chi connectivity index (χ0) is 51.0. The summed E-state index contributed by atoms with van der Waals surface area (Å²) in [6, 6.07) is 105. The van der Waals surface area contributed by atoms with E-state index >= 15 is 0 Å². The molecule has 0 aromatic heterocycles. The van der Waals surface area contributed by atoms with Crippen molar-refractivity contribution in [2.75, 3.05) is 0 Å². The molecule has 0 N–H and O–H groups in total. The van der Waals surface area contributed by atoms with E-state index in [1.165, 1.54) is 175 Å². The highest BCUT2D eigenvalue weighted by Gasteiger charge is 2.33. The quantitative estimate of drug-likeness (QED) is 0.115. The summed E-state index contributed by atoms with van der Waals surface area (Å²) < 4.78 is 0. The van der Waals surface area contributed by atoms with Gasteiger partial charge in [0.1, 0.15) is 0 Å². The van der Waals surface area contributed by atoms with Crippen molar-refractivity contribution in [3.63, 3.8) is 0 Å². The van der Waals surface area contributed by atoms with Gasteiger partial charge < -0.3 is 0 Å². The lowest BCUT2D eigenvalue weighted by Crippen LogP contribution is -1.96. The predicted molar refractivity (Wildman–Crippen MR) is 335 cm³/mol. The molecule has 0 saturated carbocycles. The minimum absolute atomic E-state index is 1.19. The second-order valence-corrected chi connectivity index (χ2v) is 21.5. The summed E-state index contributed by atoms with van der Waals surface area (Å²) in [7, 11) is 0. The van der Waals surface area contributed by atoms with Crippen LogP contribution in [0.3, 0.4) is 0 Å². The molecule has 17 rings (SSSR count). The molecular weight excluding hydrogens is 937 g/mol. The number of fused-ring (bicyclic) bond motifs is 11. The van der Waals surface area contributed by atoms with E-state index in [9.17, 15) is 0 Å². The molecule has 16 aromatic carbocycles. The Morgan fingerprint density at radius 2 is 0.500 bits per heavy atom. The van der Waals surface area contributed by atoms with Gasteiger partial charge in [-0.05, 0) is 242 Å². The highest BCUT2D eigenvalue weighted by molar-refractivity contribution is 6.38. The highest BCUT2D eigenvalue weighted by Crippen LogP contribution is 2.61. The van der Waals surface area contributed by atoms with Crippen molar-refractivity contribution in [3.8, 4) is 89.0 Å². The smallest absolute Gasteiger partial charge is 0.000718 e. The second-order valence-electron chi connectivity index (χ2n) is 21.5. The van der Waals surface area contributed by atoms with Gasteiger partial charge in [-0.3, -0.25) is 0 Å². The van der Waals surface area contributed by atoms with Crippen LogP contribution in [-0.2, 0) is 0 Å². The third-order valence-corrected chi connectivity index (χ3v) is 17.2. The summed E-state index contributed by atoms with van der Waals surface area (Å²) in [6.07, 6.45) is 0. The summed E-state index contributed by atoms with van der Waals surface area (Å²) in [5, 5.41) is 20.3. The summed E-state index contributed by atoms with van der Waals surface area (Å²) >= 11 is 0. The fourth-order valence-corrected chi connectivity index (χ4v) is 13.7. The minimum Gasteiger partial charge on any atom is -0.0622 e. The standard InChI is InChI=1S/C78H46/c1-5-18-47(19-6-1)56-36-57(48-20-7-2-8-21-48)39-60(38-56)73-70-46-68-66-43-54-27-14-13-26-53(54)42-65(66)62-30-15-16-31-63(62)67(68)45-69(70)74(61-40-58(49-22-9-3-10-23-49)37-59(41-61)50-24-11-4-12-25-50)78-71-44-55-29-17-28-51-32-33-52-34-35-64(77(73)78)76(71)75(52)72(51)55/h1-46H. The average molecular weight is 983 g/mol. The molecule has 0 nitrogen and oxygen atoms in total. The zero-order valence-electron chi connectivity index (χ0n) is 42.6. The van der Waals surface area contributed by atoms with Crippen LogP contribution in [0.15, 0.2) is 279 Å². The lowest BCUT2D eigenvalue weighted by molar-refractivity contribution is 1.57. The molecule has 16 aromatic rings. The van der Waals surface area contributed by atoms with Crippen LogP contribution in [0.2, 0.25) is 0 Å². The zero-order valence-corrected chi connectivity index (χ0v) is 42.6. The first-order valence-electron chi connectivity index (χ1n) is 27.2. The van der Waals surface area contributed by atoms with Gasteiger partial charge in [-0.2, -0.15) is 0 Å². The van der Waals surface area contributed by atoms with Crippen LogP contribution < -0.4 is 0 Å². The van der Waals surface area contributed by atoms with Crippen molar-refractivity contribution >= 4 is 86.2 Å². The van der Waals surface area contributed by atoms with Gasteiger partial charge in [-0.25, -0.2) is 0 Å². The Morgan fingerprint density at radius 1 is 0.141 bits per heavy atom. The highest BCUT2D eigenvalue weighted by atomic mass is 14.4. The molecule has 0 atom stereocenters. The molecule has 0 spiro atoms. The van der Waals surface area contributed by atoms with E-state index in [2.05, 4.69) is 279 Å². The monoisotopic (exact) mass is 982 g/mol. The van der Waals surface area contributed by atoms with Crippen molar-refractivity contribution in [2.24, 2.45) is 0 Å². The second kappa shape index (κ2) is 16.7. The first-order chi connectivity index (χ1) is 38.7. The topological polar surface area (TPSA) is 0 Å². The minimum atomic E-state index is 1.19. The van der Waals surface area contributed by atoms with E-state index in [0.29, 0.717) is 0 Å². The van der Waals surface area contributed by atoms with Gasteiger partial charge in [0, 0.05) is 0 Å². The van der Waals surface area contributed by atoms with Gasteiger partial charge in [-0.1, -0.05) is 212 Å². The van der Waals surface area contributed by atoms with Crippen LogP contribution in [0, 0.1) is 0 Å². The maximum atomic E-state index is 2.60. The van der Waals surface area contributed by atoms with Crippen molar-refractivity contribution in [3.05, 3.63) is 279 Å². The molecule has 0 saturated heterocycles. The van der Waals surface area contributed by atoms with Gasteiger partial charge in [-0.15, -0.1) is 0 Å². The number of benzene rings is 16.